The molecule has 0 amide bonds. The maximum absolute atomic E-state index is 12.9. The minimum Gasteiger partial charge on any atom is -0.283 e. The second-order valence-electron chi connectivity index (χ2n) is 5.59. The van der Waals surface area contributed by atoms with E-state index in [9.17, 15) is 14.9 Å². The number of nitrogens with zero attached hydrogens (tertiary/aromatic N) is 6. The fourth-order valence-corrected chi connectivity index (χ4v) is 3.07. The fourth-order valence-electron chi connectivity index (χ4n) is 2.74. The van der Waals surface area contributed by atoms with Crippen LogP contribution >= 0.6 is 11.8 Å². The molecular weight excluding hydrogens is 356 g/mol. The lowest BCUT2D eigenvalue weighted by Gasteiger charge is -2.08. The average molecular weight is 368 g/mol. The minimum atomic E-state index is -0.463. The standard InChI is InChI=1S/C16H12N6O3S/c1-9-3-4-10(7-13(9)22(24)25)20-6-5-12-11(14(20)23)8-17-15-18-16(26-2)19-21(12)15/h3-8H,1-2H3. The van der Waals surface area contributed by atoms with Crippen molar-refractivity contribution in [3.05, 3.63) is 62.7 Å². The molecule has 26 heavy (non-hydrogen) atoms. The summed E-state index contributed by atoms with van der Waals surface area (Å²) in [6, 6.07) is 6.39. The number of aryl methyl sites for hydroxylation is 1. The fraction of sp³-hybridized carbons (Fsp3) is 0.125. The zero-order valence-corrected chi connectivity index (χ0v) is 14.6. The van der Waals surface area contributed by atoms with Crippen molar-refractivity contribution >= 4 is 34.1 Å². The summed E-state index contributed by atoms with van der Waals surface area (Å²) in [6.45, 7) is 1.65. The summed E-state index contributed by atoms with van der Waals surface area (Å²) in [5, 5.41) is 16.4. The maximum Gasteiger partial charge on any atom is 0.274 e. The van der Waals surface area contributed by atoms with Crippen LogP contribution in [0, 0.1) is 17.0 Å². The number of aromatic nitrogens is 5. The van der Waals surface area contributed by atoms with Crippen LogP contribution < -0.4 is 5.56 Å². The number of rotatable bonds is 3. The highest BCUT2D eigenvalue weighted by atomic mass is 32.2. The Kier molecular flexibility index (Phi) is 3.69. The van der Waals surface area contributed by atoms with Crippen molar-refractivity contribution in [1.82, 2.24) is 24.1 Å². The van der Waals surface area contributed by atoms with Crippen molar-refractivity contribution in [3.8, 4) is 5.69 Å². The van der Waals surface area contributed by atoms with Crippen LogP contribution in [0.4, 0.5) is 5.69 Å². The monoisotopic (exact) mass is 368 g/mol. The van der Waals surface area contributed by atoms with Crippen molar-refractivity contribution in [2.75, 3.05) is 6.26 Å². The van der Waals surface area contributed by atoms with E-state index in [2.05, 4.69) is 15.1 Å². The van der Waals surface area contributed by atoms with E-state index < -0.39 is 4.92 Å². The Morgan fingerprint density at radius 2 is 2.08 bits per heavy atom. The van der Waals surface area contributed by atoms with Crippen LogP contribution in [0.5, 0.6) is 0 Å². The molecule has 0 fully saturated rings. The van der Waals surface area contributed by atoms with Gasteiger partial charge < -0.3 is 0 Å². The Hall–Kier alpha value is -3.27. The molecule has 0 radical (unpaired) electrons. The number of pyridine rings is 1. The van der Waals surface area contributed by atoms with Crippen LogP contribution in [0.2, 0.25) is 0 Å². The van der Waals surface area contributed by atoms with Gasteiger partial charge in [-0.3, -0.25) is 19.5 Å². The molecule has 0 atom stereocenters. The maximum atomic E-state index is 12.9. The minimum absolute atomic E-state index is 0.0380. The van der Waals surface area contributed by atoms with Crippen LogP contribution in [-0.2, 0) is 0 Å². The molecule has 1 aromatic carbocycles. The van der Waals surface area contributed by atoms with Gasteiger partial charge in [-0.05, 0) is 25.3 Å². The van der Waals surface area contributed by atoms with Crippen LogP contribution in [0.25, 0.3) is 22.4 Å². The van der Waals surface area contributed by atoms with Gasteiger partial charge in [-0.15, -0.1) is 5.10 Å². The van der Waals surface area contributed by atoms with Crippen molar-refractivity contribution < 1.29 is 4.92 Å². The second-order valence-corrected chi connectivity index (χ2v) is 6.36. The highest BCUT2D eigenvalue weighted by Crippen LogP contribution is 2.22. The smallest absolute Gasteiger partial charge is 0.274 e. The number of nitro groups is 1. The summed E-state index contributed by atoms with van der Waals surface area (Å²) < 4.78 is 2.87. The Morgan fingerprint density at radius 3 is 2.81 bits per heavy atom. The second kappa shape index (κ2) is 5.92. The summed E-state index contributed by atoms with van der Waals surface area (Å²) in [7, 11) is 0. The third-order valence-electron chi connectivity index (χ3n) is 4.06. The predicted molar refractivity (Wildman–Crippen MR) is 97.1 cm³/mol. The summed E-state index contributed by atoms with van der Waals surface area (Å²) in [5.74, 6) is 0.407. The molecule has 0 saturated heterocycles. The molecule has 0 saturated carbocycles. The van der Waals surface area contributed by atoms with Gasteiger partial charge in [0.15, 0.2) is 0 Å². The van der Waals surface area contributed by atoms with Gasteiger partial charge in [0.2, 0.25) is 5.16 Å². The highest BCUT2D eigenvalue weighted by molar-refractivity contribution is 7.98. The van der Waals surface area contributed by atoms with Gasteiger partial charge in [0.25, 0.3) is 17.0 Å². The molecule has 4 aromatic rings. The summed E-state index contributed by atoms with van der Waals surface area (Å²) in [6.07, 6.45) is 4.87. The normalized spacial score (nSPS) is 11.3. The molecule has 9 nitrogen and oxygen atoms in total. The first-order valence-electron chi connectivity index (χ1n) is 7.56. The lowest BCUT2D eigenvalue weighted by molar-refractivity contribution is -0.385. The number of thioether (sulfide) groups is 1. The molecule has 10 heteroatoms. The number of fused-ring (bicyclic) bond motifs is 3. The predicted octanol–water partition coefficient (Wildman–Crippen LogP) is 2.37. The highest BCUT2D eigenvalue weighted by Gasteiger charge is 2.15. The lowest BCUT2D eigenvalue weighted by Crippen LogP contribution is -2.19. The first-order chi connectivity index (χ1) is 12.5. The van der Waals surface area contributed by atoms with Gasteiger partial charge in [-0.1, -0.05) is 17.8 Å². The van der Waals surface area contributed by atoms with Gasteiger partial charge in [0, 0.05) is 24.0 Å². The number of nitro benzene ring substituents is 1. The quantitative estimate of drug-likeness (QED) is 0.310. The largest absolute Gasteiger partial charge is 0.283 e. The van der Waals surface area contributed by atoms with Crippen LogP contribution in [0.3, 0.4) is 0 Å². The first-order valence-corrected chi connectivity index (χ1v) is 8.78. The van der Waals surface area contributed by atoms with E-state index in [1.807, 2.05) is 6.26 Å². The van der Waals surface area contributed by atoms with Crippen LogP contribution in [0.1, 0.15) is 5.56 Å². The van der Waals surface area contributed by atoms with E-state index in [1.54, 1.807) is 31.3 Å². The van der Waals surface area contributed by atoms with E-state index in [-0.39, 0.29) is 11.2 Å². The zero-order chi connectivity index (χ0) is 18.4. The molecule has 0 aliphatic heterocycles. The SMILES string of the molecule is CSc1nc2ncc3c(=O)n(-c4ccc(C)c([N+](=O)[O-])c4)ccc3n2n1. The van der Waals surface area contributed by atoms with Crippen LogP contribution in [0.15, 0.2) is 46.6 Å². The third kappa shape index (κ3) is 2.42. The van der Waals surface area contributed by atoms with Crippen LogP contribution in [-0.4, -0.2) is 35.3 Å². The molecule has 0 spiro atoms. The molecule has 0 bridgehead atoms. The van der Waals surface area contributed by atoms with Crippen molar-refractivity contribution in [2.24, 2.45) is 0 Å². The van der Waals surface area contributed by atoms with E-state index in [0.29, 0.717) is 33.1 Å². The zero-order valence-electron chi connectivity index (χ0n) is 13.8. The van der Waals surface area contributed by atoms with Crippen molar-refractivity contribution in [2.45, 2.75) is 12.1 Å². The molecule has 4 rings (SSSR count). The molecule has 3 aromatic heterocycles. The lowest BCUT2D eigenvalue weighted by atomic mass is 10.2. The Morgan fingerprint density at radius 1 is 1.27 bits per heavy atom. The Balaban J connectivity index is 1.97. The summed E-state index contributed by atoms with van der Waals surface area (Å²) >= 11 is 1.38. The molecule has 0 N–H and O–H groups in total. The number of hydrogen-bond acceptors (Lipinski definition) is 7. The first kappa shape index (κ1) is 16.2. The number of benzene rings is 1. The van der Waals surface area contributed by atoms with Gasteiger partial charge in [-0.25, -0.2) is 4.98 Å². The Bertz CT molecular complexity index is 1250. The van der Waals surface area contributed by atoms with E-state index in [0.717, 1.165) is 0 Å². The van der Waals surface area contributed by atoms with E-state index in [1.165, 1.54) is 33.1 Å². The molecule has 130 valence electrons. The van der Waals surface area contributed by atoms with Gasteiger partial charge >= 0.3 is 0 Å². The van der Waals surface area contributed by atoms with Gasteiger partial charge in [0.05, 0.1) is 21.5 Å². The van der Waals surface area contributed by atoms with Crippen molar-refractivity contribution in [3.63, 3.8) is 0 Å². The van der Waals surface area contributed by atoms with E-state index in [4.69, 9.17) is 0 Å². The van der Waals surface area contributed by atoms with E-state index >= 15 is 0 Å². The summed E-state index contributed by atoms with van der Waals surface area (Å²) in [4.78, 5) is 32.0. The summed E-state index contributed by atoms with van der Waals surface area (Å²) in [5.41, 5.74) is 1.15. The Labute approximate surface area is 150 Å². The van der Waals surface area contributed by atoms with Gasteiger partial charge in [-0.2, -0.15) is 9.50 Å². The number of hydrogen-bond donors (Lipinski definition) is 0. The van der Waals surface area contributed by atoms with Gasteiger partial charge in [0.1, 0.15) is 0 Å². The molecular formula is C16H12N6O3S. The molecule has 3 heterocycles. The molecule has 0 aliphatic rings. The molecule has 0 unspecified atom stereocenters. The molecule has 0 aliphatic carbocycles. The topological polar surface area (TPSA) is 108 Å². The van der Waals surface area contributed by atoms with Crippen molar-refractivity contribution in [1.29, 1.82) is 0 Å². The average Bonchev–Trinajstić information content (AvgIpc) is 3.06. The third-order valence-corrected chi connectivity index (χ3v) is 4.60.